The Morgan fingerprint density at radius 2 is 2.18 bits per heavy atom. The maximum absolute atomic E-state index is 5.86. The molecule has 0 aromatic heterocycles. The van der Waals surface area contributed by atoms with Gasteiger partial charge in [-0.25, -0.2) is 0 Å². The first kappa shape index (κ1) is 14.8. The third-order valence-corrected chi connectivity index (χ3v) is 4.55. The minimum Gasteiger partial charge on any atom is -0.354 e. The zero-order valence-electron chi connectivity index (χ0n) is 10.9. The normalized spacial score (nSPS) is 19.2. The molecule has 3 nitrogen and oxygen atoms in total. The van der Waals surface area contributed by atoms with Crippen LogP contribution in [0.3, 0.4) is 0 Å². The molecule has 4 heteroatoms. The highest BCUT2D eigenvalue weighted by Crippen LogP contribution is 2.32. The fourth-order valence-corrected chi connectivity index (χ4v) is 3.05. The molecule has 0 amide bonds. The van der Waals surface area contributed by atoms with Crippen LogP contribution in [0.1, 0.15) is 19.8 Å². The highest BCUT2D eigenvalue weighted by molar-refractivity contribution is 8.00. The molecule has 98 valence electrons. The fourth-order valence-electron chi connectivity index (χ4n) is 1.85. The number of hydrogen-bond donors (Lipinski definition) is 1. The van der Waals surface area contributed by atoms with Crippen molar-refractivity contribution < 1.29 is 9.47 Å². The van der Waals surface area contributed by atoms with Gasteiger partial charge in [0.1, 0.15) is 0 Å². The summed E-state index contributed by atoms with van der Waals surface area (Å²) in [4.78, 5) is 0. The molecule has 0 fully saturated rings. The van der Waals surface area contributed by atoms with E-state index in [0.29, 0.717) is 6.54 Å². The van der Waals surface area contributed by atoms with E-state index in [0.717, 1.165) is 18.6 Å². The maximum Gasteiger partial charge on any atom is 0.172 e. The smallest absolute Gasteiger partial charge is 0.172 e. The summed E-state index contributed by atoms with van der Waals surface area (Å²) in [5.41, 5.74) is 7.32. The highest BCUT2D eigenvalue weighted by atomic mass is 32.2. The molecule has 1 atom stereocenters. The highest BCUT2D eigenvalue weighted by Gasteiger charge is 2.34. The molecule has 0 aromatic rings. The van der Waals surface area contributed by atoms with Crippen molar-refractivity contribution in [3.63, 3.8) is 0 Å². The Hall–Kier alpha value is -0.290. The Kier molecular flexibility index (Phi) is 6.27. The largest absolute Gasteiger partial charge is 0.354 e. The van der Waals surface area contributed by atoms with Crippen LogP contribution in [0, 0.1) is 0 Å². The lowest BCUT2D eigenvalue weighted by Gasteiger charge is -2.34. The summed E-state index contributed by atoms with van der Waals surface area (Å²) < 4.78 is 10.5. The van der Waals surface area contributed by atoms with Crippen LogP contribution in [-0.2, 0) is 9.47 Å². The van der Waals surface area contributed by atoms with Crippen molar-refractivity contribution in [1.29, 1.82) is 0 Å². The predicted octanol–water partition coefficient (Wildman–Crippen LogP) is 2.33. The van der Waals surface area contributed by atoms with Crippen LogP contribution in [0.25, 0.3) is 0 Å². The number of ether oxygens (including phenoxy) is 2. The van der Waals surface area contributed by atoms with Crippen LogP contribution in [0.5, 0.6) is 0 Å². The molecule has 1 rings (SSSR count). The molecule has 0 saturated carbocycles. The minimum absolute atomic E-state index is 0.203. The average Bonchev–Trinajstić information content (AvgIpc) is 2.39. The Morgan fingerprint density at radius 1 is 1.47 bits per heavy atom. The van der Waals surface area contributed by atoms with Gasteiger partial charge in [-0.15, -0.1) is 11.8 Å². The predicted molar refractivity (Wildman–Crippen MR) is 74.2 cm³/mol. The average molecular weight is 257 g/mol. The molecular formula is C13H23NO2S. The first-order valence-corrected chi connectivity index (χ1v) is 6.89. The van der Waals surface area contributed by atoms with Gasteiger partial charge in [0, 0.05) is 26.5 Å². The number of rotatable bonds is 7. The molecule has 1 aliphatic rings. The van der Waals surface area contributed by atoms with E-state index < -0.39 is 0 Å². The van der Waals surface area contributed by atoms with Crippen LogP contribution < -0.4 is 5.73 Å². The molecular weight excluding hydrogens is 234 g/mol. The molecule has 0 spiro atoms. The minimum atomic E-state index is -0.266. The monoisotopic (exact) mass is 257 g/mol. The van der Waals surface area contributed by atoms with Crippen molar-refractivity contribution in [2.75, 3.05) is 26.5 Å². The summed E-state index contributed by atoms with van der Waals surface area (Å²) in [6, 6.07) is 0. The van der Waals surface area contributed by atoms with Crippen LogP contribution in [-0.4, -0.2) is 37.6 Å². The Balaban J connectivity index is 2.56. The second-order valence-corrected chi connectivity index (χ2v) is 5.91. The Morgan fingerprint density at radius 3 is 2.65 bits per heavy atom. The number of nitrogens with two attached hydrogens (primary N) is 1. The topological polar surface area (TPSA) is 44.5 Å². The molecule has 0 bridgehead atoms. The quantitative estimate of drug-likeness (QED) is 0.711. The van der Waals surface area contributed by atoms with Crippen molar-refractivity contribution in [1.82, 2.24) is 0 Å². The Labute approximate surface area is 108 Å². The molecule has 0 radical (unpaired) electrons. The van der Waals surface area contributed by atoms with Gasteiger partial charge in [0.15, 0.2) is 6.29 Å². The van der Waals surface area contributed by atoms with E-state index in [1.54, 1.807) is 14.2 Å². The molecule has 2 N–H and O–H groups in total. The SMILES string of the molecule is COC(OC)C(C)(CN)SCC1=CC=CCC1. The zero-order valence-corrected chi connectivity index (χ0v) is 11.8. The van der Waals surface area contributed by atoms with Gasteiger partial charge >= 0.3 is 0 Å². The fraction of sp³-hybridized carbons (Fsp3) is 0.692. The first-order chi connectivity index (χ1) is 8.16. The number of hydrogen-bond acceptors (Lipinski definition) is 4. The second-order valence-electron chi connectivity index (χ2n) is 4.40. The number of methoxy groups -OCH3 is 2. The van der Waals surface area contributed by atoms with E-state index in [4.69, 9.17) is 15.2 Å². The summed E-state index contributed by atoms with van der Waals surface area (Å²) in [6.07, 6.45) is 8.55. The molecule has 1 unspecified atom stereocenters. The van der Waals surface area contributed by atoms with E-state index in [2.05, 4.69) is 25.2 Å². The molecule has 0 aliphatic heterocycles. The van der Waals surface area contributed by atoms with E-state index in [-0.39, 0.29) is 11.0 Å². The van der Waals surface area contributed by atoms with Gasteiger partial charge < -0.3 is 15.2 Å². The molecule has 0 heterocycles. The van der Waals surface area contributed by atoms with Crippen LogP contribution >= 0.6 is 11.8 Å². The lowest BCUT2D eigenvalue weighted by molar-refractivity contribution is -0.120. The van der Waals surface area contributed by atoms with E-state index in [9.17, 15) is 0 Å². The van der Waals surface area contributed by atoms with Gasteiger partial charge in [-0.2, -0.15) is 0 Å². The van der Waals surface area contributed by atoms with E-state index >= 15 is 0 Å². The van der Waals surface area contributed by atoms with Gasteiger partial charge in [0.05, 0.1) is 4.75 Å². The number of allylic oxidation sites excluding steroid dienone is 3. The molecule has 0 saturated heterocycles. The standard InChI is InChI=1S/C13H23NO2S/c1-13(10-14,12(15-2)16-3)17-9-11-7-5-4-6-8-11/h4-5,7,12H,6,8-10,14H2,1-3H3. The third-order valence-electron chi connectivity index (χ3n) is 3.02. The number of thioether (sulfide) groups is 1. The lowest BCUT2D eigenvalue weighted by Crippen LogP contribution is -2.45. The van der Waals surface area contributed by atoms with Gasteiger partial charge in [-0.05, 0) is 19.8 Å². The molecule has 17 heavy (non-hydrogen) atoms. The van der Waals surface area contributed by atoms with E-state index in [1.165, 1.54) is 5.57 Å². The second kappa shape index (κ2) is 7.21. The van der Waals surface area contributed by atoms with Gasteiger partial charge in [-0.1, -0.05) is 23.8 Å². The van der Waals surface area contributed by atoms with Crippen molar-refractivity contribution in [2.24, 2.45) is 5.73 Å². The third kappa shape index (κ3) is 4.14. The van der Waals surface area contributed by atoms with Crippen molar-refractivity contribution in [2.45, 2.75) is 30.8 Å². The van der Waals surface area contributed by atoms with Crippen molar-refractivity contribution in [3.8, 4) is 0 Å². The van der Waals surface area contributed by atoms with Crippen molar-refractivity contribution >= 4 is 11.8 Å². The van der Waals surface area contributed by atoms with Crippen molar-refractivity contribution in [3.05, 3.63) is 23.8 Å². The van der Waals surface area contributed by atoms with Gasteiger partial charge in [-0.3, -0.25) is 0 Å². The van der Waals surface area contributed by atoms with E-state index in [1.807, 2.05) is 11.8 Å². The summed E-state index contributed by atoms with van der Waals surface area (Å²) in [5.74, 6) is 0.987. The summed E-state index contributed by atoms with van der Waals surface area (Å²) in [7, 11) is 3.32. The Bertz CT molecular complexity index is 287. The summed E-state index contributed by atoms with van der Waals surface area (Å²) >= 11 is 1.81. The van der Waals surface area contributed by atoms with Crippen LogP contribution in [0.15, 0.2) is 23.8 Å². The van der Waals surface area contributed by atoms with Gasteiger partial charge in [0.2, 0.25) is 0 Å². The summed E-state index contributed by atoms with van der Waals surface area (Å²) in [6.45, 7) is 2.63. The lowest BCUT2D eigenvalue weighted by atomic mass is 10.1. The first-order valence-electron chi connectivity index (χ1n) is 5.90. The van der Waals surface area contributed by atoms with Crippen LogP contribution in [0.4, 0.5) is 0 Å². The van der Waals surface area contributed by atoms with Gasteiger partial charge in [0.25, 0.3) is 0 Å². The molecule has 0 aromatic carbocycles. The summed E-state index contributed by atoms with van der Waals surface area (Å²) in [5, 5.41) is 0. The molecule has 1 aliphatic carbocycles. The zero-order chi connectivity index (χ0) is 12.7. The van der Waals surface area contributed by atoms with Crippen LogP contribution in [0.2, 0.25) is 0 Å². The maximum atomic E-state index is 5.86.